The molecule has 0 bridgehead atoms. The van der Waals surface area contributed by atoms with Gasteiger partial charge < -0.3 is 9.80 Å². The Morgan fingerprint density at radius 1 is 0.921 bits per heavy atom. The van der Waals surface area contributed by atoms with Crippen molar-refractivity contribution in [3.8, 4) is 11.1 Å². The van der Waals surface area contributed by atoms with Crippen LogP contribution in [0.25, 0.3) is 11.1 Å². The van der Waals surface area contributed by atoms with Crippen molar-refractivity contribution in [2.45, 2.75) is 38.3 Å². The number of likely N-dealkylation sites (tertiary alicyclic amines) is 1. The van der Waals surface area contributed by atoms with Crippen LogP contribution in [0.3, 0.4) is 0 Å². The molecule has 0 saturated carbocycles. The molecule has 0 spiro atoms. The number of amides is 2. The lowest BCUT2D eigenvalue weighted by Gasteiger charge is -2.38. The highest BCUT2D eigenvalue weighted by Crippen LogP contribution is 2.24. The highest BCUT2D eigenvalue weighted by molar-refractivity contribution is 5.80. The van der Waals surface area contributed by atoms with E-state index >= 15 is 0 Å². The Morgan fingerprint density at radius 3 is 2.26 bits per heavy atom. The Kier molecular flexibility index (Phi) is 6.96. The molecule has 2 aliphatic rings. The smallest absolute Gasteiger partial charge is 0.331 e. The maximum Gasteiger partial charge on any atom is 0.331 e. The van der Waals surface area contributed by atoms with E-state index in [2.05, 4.69) is 6.07 Å². The average molecular weight is 523 g/mol. The van der Waals surface area contributed by atoms with Crippen molar-refractivity contribution in [3.05, 3.63) is 92.3 Å². The maximum atomic E-state index is 14.4. The number of carbonyl (C=O) groups excluding carboxylic acids is 2. The summed E-state index contributed by atoms with van der Waals surface area (Å²) in [4.78, 5) is 54.9. The number of halogens is 2. The third-order valence-electron chi connectivity index (χ3n) is 7.55. The van der Waals surface area contributed by atoms with Gasteiger partial charge in [0.25, 0.3) is 5.56 Å². The van der Waals surface area contributed by atoms with Gasteiger partial charge in [0.05, 0.1) is 17.5 Å². The van der Waals surface area contributed by atoms with Crippen LogP contribution >= 0.6 is 0 Å². The summed E-state index contributed by atoms with van der Waals surface area (Å²) in [5.74, 6) is -2.14. The Labute approximate surface area is 217 Å². The zero-order chi connectivity index (χ0) is 27.0. The van der Waals surface area contributed by atoms with Gasteiger partial charge in [0, 0.05) is 38.9 Å². The molecule has 0 unspecified atom stereocenters. The van der Waals surface area contributed by atoms with Gasteiger partial charge in [-0.15, -0.1) is 0 Å². The molecule has 38 heavy (non-hydrogen) atoms. The molecule has 3 heterocycles. The first-order valence-electron chi connectivity index (χ1n) is 12.6. The fourth-order valence-electron chi connectivity index (χ4n) is 5.43. The van der Waals surface area contributed by atoms with Crippen molar-refractivity contribution >= 4 is 11.8 Å². The van der Waals surface area contributed by atoms with Gasteiger partial charge in [-0.25, -0.2) is 13.6 Å². The zero-order valence-corrected chi connectivity index (χ0v) is 21.0. The second-order valence-corrected chi connectivity index (χ2v) is 9.81. The number of piperidine rings is 1. The molecule has 10 heteroatoms. The van der Waals surface area contributed by atoms with Crippen LogP contribution in [0.1, 0.15) is 24.0 Å². The third-order valence-corrected chi connectivity index (χ3v) is 7.55. The monoisotopic (exact) mass is 522 g/mol. The SMILES string of the molecule is Cn1c(=O)c(-c2c(F)cccc2F)cn(CC(=O)N2CCC(N3CCc4ccccc4CC3=O)CC2)c1=O. The number of rotatable bonds is 4. The van der Waals surface area contributed by atoms with E-state index in [1.807, 2.05) is 23.1 Å². The highest BCUT2D eigenvalue weighted by atomic mass is 19.1. The lowest BCUT2D eigenvalue weighted by atomic mass is 10.0. The predicted octanol–water partition coefficient (Wildman–Crippen LogP) is 2.11. The van der Waals surface area contributed by atoms with Crippen molar-refractivity contribution in [1.82, 2.24) is 18.9 Å². The van der Waals surface area contributed by atoms with Crippen molar-refractivity contribution in [2.75, 3.05) is 19.6 Å². The molecule has 2 aromatic carbocycles. The molecule has 2 aliphatic heterocycles. The molecule has 0 N–H and O–H groups in total. The van der Waals surface area contributed by atoms with Crippen LogP contribution in [0.5, 0.6) is 0 Å². The van der Waals surface area contributed by atoms with Gasteiger partial charge in [-0.1, -0.05) is 30.3 Å². The van der Waals surface area contributed by atoms with E-state index in [1.54, 1.807) is 4.90 Å². The van der Waals surface area contributed by atoms with Gasteiger partial charge in [-0.3, -0.25) is 23.5 Å². The number of hydrogen-bond acceptors (Lipinski definition) is 4. The van der Waals surface area contributed by atoms with Crippen molar-refractivity contribution in [2.24, 2.45) is 7.05 Å². The van der Waals surface area contributed by atoms with Gasteiger partial charge in [-0.2, -0.15) is 0 Å². The number of carbonyl (C=O) groups is 2. The van der Waals surface area contributed by atoms with Crippen LogP contribution in [0.15, 0.2) is 58.3 Å². The van der Waals surface area contributed by atoms with Crippen molar-refractivity contribution in [3.63, 3.8) is 0 Å². The summed E-state index contributed by atoms with van der Waals surface area (Å²) in [5, 5.41) is 0. The minimum Gasteiger partial charge on any atom is -0.341 e. The second-order valence-electron chi connectivity index (χ2n) is 9.81. The van der Waals surface area contributed by atoms with Crippen molar-refractivity contribution in [1.29, 1.82) is 0 Å². The molecule has 2 amide bonds. The maximum absolute atomic E-state index is 14.4. The summed E-state index contributed by atoms with van der Waals surface area (Å²) in [7, 11) is 1.20. The molecule has 198 valence electrons. The molecule has 0 radical (unpaired) electrons. The normalized spacial score (nSPS) is 16.3. The van der Waals surface area contributed by atoms with E-state index in [4.69, 9.17) is 0 Å². The van der Waals surface area contributed by atoms with Crippen LogP contribution in [0.2, 0.25) is 0 Å². The van der Waals surface area contributed by atoms with Gasteiger partial charge in [0.15, 0.2) is 0 Å². The minimum absolute atomic E-state index is 0.0248. The topological polar surface area (TPSA) is 84.6 Å². The lowest BCUT2D eigenvalue weighted by Crippen LogP contribution is -2.50. The van der Waals surface area contributed by atoms with Crippen molar-refractivity contribution < 1.29 is 18.4 Å². The molecule has 5 rings (SSSR count). The Balaban J connectivity index is 1.28. The van der Waals surface area contributed by atoms with E-state index in [9.17, 15) is 28.0 Å². The zero-order valence-electron chi connectivity index (χ0n) is 21.0. The van der Waals surface area contributed by atoms with Gasteiger partial charge >= 0.3 is 5.69 Å². The minimum atomic E-state index is -0.938. The third kappa shape index (κ3) is 4.78. The summed E-state index contributed by atoms with van der Waals surface area (Å²) in [6, 6.07) is 11.2. The number of fused-ring (bicyclic) bond motifs is 1. The highest BCUT2D eigenvalue weighted by Gasteiger charge is 2.31. The first kappa shape index (κ1) is 25.6. The van der Waals surface area contributed by atoms with Crippen LogP contribution in [-0.2, 0) is 36.0 Å². The fourth-order valence-corrected chi connectivity index (χ4v) is 5.43. The molecular formula is C28H28F2N4O4. The van der Waals surface area contributed by atoms with Gasteiger partial charge in [-0.05, 0) is 42.5 Å². The first-order valence-corrected chi connectivity index (χ1v) is 12.6. The van der Waals surface area contributed by atoms with Crippen LogP contribution < -0.4 is 11.2 Å². The summed E-state index contributed by atoms with van der Waals surface area (Å²) < 4.78 is 30.5. The standard InChI is InChI=1S/C28H28F2N4O4/c1-31-27(37)21(26-22(29)7-4-8-23(26)30)16-33(28(31)38)17-25(36)32-12-10-20(11-13-32)34-14-9-18-5-2-3-6-19(18)15-24(34)35/h2-8,16,20H,9-15,17H2,1H3. The molecule has 1 aromatic heterocycles. The number of benzene rings is 2. The predicted molar refractivity (Wildman–Crippen MR) is 136 cm³/mol. The van der Waals surface area contributed by atoms with Crippen LogP contribution in [-0.4, -0.2) is 56.4 Å². The van der Waals surface area contributed by atoms with E-state index in [0.29, 0.717) is 38.9 Å². The number of nitrogens with zero attached hydrogens (tertiary/aromatic N) is 4. The first-order chi connectivity index (χ1) is 18.2. The second kappa shape index (κ2) is 10.4. The van der Waals surface area contributed by atoms with E-state index < -0.39 is 28.4 Å². The molecule has 8 nitrogen and oxygen atoms in total. The molecule has 0 atom stereocenters. The largest absolute Gasteiger partial charge is 0.341 e. The average Bonchev–Trinajstić information content (AvgIpc) is 3.07. The van der Waals surface area contributed by atoms with E-state index in [-0.39, 0.29) is 30.0 Å². The number of hydrogen-bond donors (Lipinski definition) is 0. The van der Waals surface area contributed by atoms with Gasteiger partial charge in [0.1, 0.15) is 18.2 Å². The molecule has 0 aliphatic carbocycles. The Morgan fingerprint density at radius 2 is 1.58 bits per heavy atom. The van der Waals surface area contributed by atoms with Crippen LogP contribution in [0.4, 0.5) is 8.78 Å². The van der Waals surface area contributed by atoms with Gasteiger partial charge in [0.2, 0.25) is 11.8 Å². The Hall–Kier alpha value is -4.08. The summed E-state index contributed by atoms with van der Waals surface area (Å²) >= 11 is 0. The lowest BCUT2D eigenvalue weighted by molar-refractivity contribution is -0.136. The molecular weight excluding hydrogens is 494 g/mol. The Bertz CT molecular complexity index is 1500. The number of aromatic nitrogens is 2. The molecule has 1 saturated heterocycles. The molecule has 3 aromatic rings. The molecule has 1 fully saturated rings. The van der Waals surface area contributed by atoms with E-state index in [0.717, 1.165) is 39.4 Å². The summed E-state index contributed by atoms with van der Waals surface area (Å²) in [5.41, 5.74) is -0.242. The summed E-state index contributed by atoms with van der Waals surface area (Å²) in [6.45, 7) is 1.08. The summed E-state index contributed by atoms with van der Waals surface area (Å²) in [6.07, 6.45) is 3.44. The quantitative estimate of drug-likeness (QED) is 0.526. The van der Waals surface area contributed by atoms with Crippen LogP contribution in [0, 0.1) is 11.6 Å². The van der Waals surface area contributed by atoms with E-state index in [1.165, 1.54) is 18.7 Å². The fraction of sp³-hybridized carbons (Fsp3) is 0.357.